The minimum absolute atomic E-state index is 0.0121. The summed E-state index contributed by atoms with van der Waals surface area (Å²) in [7, 11) is 6.65. The SMILES string of the molecule is COc1ccc(CN2C(=O)[C@@H]3C(c4ccc(OC)cc4)[C@@H]3C2=O)cc1.COc1ccc(CN2C[C@@H]3C(c4ccc(OC)cc4)[C@@H]3C2)cc1. The predicted molar refractivity (Wildman–Crippen MR) is 182 cm³/mol. The molecule has 2 aliphatic carbocycles. The number of likely N-dealkylation sites (tertiary alicyclic amines) is 2. The molecule has 0 spiro atoms. The number of methoxy groups -OCH3 is 4. The van der Waals surface area contributed by atoms with E-state index in [1.165, 1.54) is 29.1 Å². The van der Waals surface area contributed by atoms with E-state index in [2.05, 4.69) is 41.3 Å². The van der Waals surface area contributed by atoms with E-state index < -0.39 is 0 Å². The van der Waals surface area contributed by atoms with E-state index in [9.17, 15) is 9.59 Å². The number of ether oxygens (including phenoxy) is 4. The van der Waals surface area contributed by atoms with Crippen molar-refractivity contribution in [2.75, 3.05) is 41.5 Å². The molecule has 2 aliphatic heterocycles. The fraction of sp³-hybridized carbons (Fsp3) is 0.350. The topological polar surface area (TPSA) is 77.5 Å². The van der Waals surface area contributed by atoms with E-state index >= 15 is 0 Å². The minimum Gasteiger partial charge on any atom is -0.497 e. The van der Waals surface area contributed by atoms with Gasteiger partial charge in [0.05, 0.1) is 46.8 Å². The third-order valence-electron chi connectivity index (χ3n) is 10.5. The van der Waals surface area contributed by atoms with Gasteiger partial charge in [0.2, 0.25) is 11.8 Å². The summed E-state index contributed by atoms with van der Waals surface area (Å²) in [6, 6.07) is 32.1. The van der Waals surface area contributed by atoms with Gasteiger partial charge in [-0.25, -0.2) is 0 Å². The van der Waals surface area contributed by atoms with Crippen molar-refractivity contribution in [3.63, 3.8) is 0 Å². The van der Waals surface area contributed by atoms with Crippen molar-refractivity contribution >= 4 is 11.8 Å². The molecule has 2 amide bonds. The molecule has 0 aromatic heterocycles. The molecule has 2 saturated heterocycles. The molecule has 2 unspecified atom stereocenters. The predicted octanol–water partition coefficient (Wildman–Crippen LogP) is 6.15. The molecule has 4 aromatic rings. The van der Waals surface area contributed by atoms with Gasteiger partial charge in [0.15, 0.2) is 0 Å². The summed E-state index contributed by atoms with van der Waals surface area (Å²) in [4.78, 5) is 29.3. The third-order valence-corrected chi connectivity index (χ3v) is 10.5. The molecule has 48 heavy (non-hydrogen) atoms. The van der Waals surface area contributed by atoms with Gasteiger partial charge in [-0.1, -0.05) is 48.5 Å². The summed E-state index contributed by atoms with van der Waals surface area (Å²) in [6.45, 7) is 3.80. The number of fused-ring (bicyclic) bond motifs is 2. The Morgan fingerprint density at radius 1 is 0.479 bits per heavy atom. The second-order valence-electron chi connectivity index (χ2n) is 13.1. The number of carbonyl (C=O) groups is 2. The van der Waals surface area contributed by atoms with Crippen LogP contribution in [0.25, 0.3) is 0 Å². The Balaban J connectivity index is 0.000000152. The fourth-order valence-electron chi connectivity index (χ4n) is 7.76. The van der Waals surface area contributed by atoms with Crippen LogP contribution in [0.5, 0.6) is 23.0 Å². The largest absolute Gasteiger partial charge is 0.497 e. The van der Waals surface area contributed by atoms with E-state index in [0.29, 0.717) is 6.54 Å². The van der Waals surface area contributed by atoms with Gasteiger partial charge in [0.25, 0.3) is 0 Å². The Bertz CT molecular complexity index is 1700. The summed E-state index contributed by atoms with van der Waals surface area (Å²) in [5.74, 6) is 5.29. The van der Waals surface area contributed by atoms with E-state index in [0.717, 1.165) is 58.4 Å². The van der Waals surface area contributed by atoms with E-state index in [-0.39, 0.29) is 29.6 Å². The van der Waals surface area contributed by atoms with Crippen LogP contribution in [0.4, 0.5) is 0 Å². The molecular formula is C40H42N2O6. The van der Waals surface area contributed by atoms with E-state index in [1.807, 2.05) is 60.7 Å². The van der Waals surface area contributed by atoms with Gasteiger partial charge in [-0.3, -0.25) is 19.4 Å². The molecule has 248 valence electrons. The van der Waals surface area contributed by atoms with Crippen molar-refractivity contribution in [1.29, 1.82) is 0 Å². The quantitative estimate of drug-likeness (QED) is 0.191. The smallest absolute Gasteiger partial charge is 0.234 e. The first-order valence-electron chi connectivity index (χ1n) is 16.5. The molecule has 0 radical (unpaired) electrons. The Kier molecular flexibility index (Phi) is 8.84. The standard InChI is InChI=1S/C20H19NO4.C20H23NO2/c1-24-14-7-3-12(4-8-14)11-21-19(22)17-16(18(17)20(21)23)13-5-9-15(25-2)10-6-13;1-22-16-7-3-14(4-8-16)11-21-12-18-19(13-21)20(18)15-5-9-17(23-2)10-6-15/h3-10,16-18H,11H2,1-2H3;3-10,18-20H,11-13H2,1-2H3/t16?,17-,18+;18-,19+,20?. The molecule has 4 fully saturated rings. The van der Waals surface area contributed by atoms with Crippen LogP contribution in [0.3, 0.4) is 0 Å². The molecule has 2 saturated carbocycles. The van der Waals surface area contributed by atoms with Crippen LogP contribution in [0.2, 0.25) is 0 Å². The molecular weight excluding hydrogens is 604 g/mol. The Morgan fingerprint density at radius 3 is 1.23 bits per heavy atom. The highest BCUT2D eigenvalue weighted by atomic mass is 16.5. The Morgan fingerprint density at radius 2 is 0.833 bits per heavy atom. The maximum Gasteiger partial charge on any atom is 0.234 e. The Labute approximate surface area is 282 Å². The van der Waals surface area contributed by atoms with Crippen LogP contribution in [0.1, 0.15) is 34.1 Å². The maximum absolute atomic E-state index is 12.6. The zero-order chi connectivity index (χ0) is 33.4. The lowest BCUT2D eigenvalue weighted by Gasteiger charge is -2.19. The highest BCUT2D eigenvalue weighted by molar-refractivity contribution is 6.10. The summed E-state index contributed by atoms with van der Waals surface area (Å²) >= 11 is 0. The lowest BCUT2D eigenvalue weighted by molar-refractivity contribution is -0.142. The number of piperidine rings is 2. The molecule has 0 N–H and O–H groups in total. The molecule has 6 atom stereocenters. The summed E-state index contributed by atoms with van der Waals surface area (Å²) < 4.78 is 20.7. The monoisotopic (exact) mass is 646 g/mol. The minimum atomic E-state index is -0.209. The second-order valence-corrected chi connectivity index (χ2v) is 13.1. The average Bonchev–Trinajstić information content (AvgIpc) is 3.98. The first-order valence-corrected chi connectivity index (χ1v) is 16.5. The van der Waals surface area contributed by atoms with Crippen LogP contribution in [0.15, 0.2) is 97.1 Å². The van der Waals surface area contributed by atoms with E-state index in [4.69, 9.17) is 18.9 Å². The molecule has 4 aliphatic rings. The number of imide groups is 1. The number of rotatable bonds is 10. The number of hydrogen-bond acceptors (Lipinski definition) is 7. The summed E-state index contributed by atoms with van der Waals surface area (Å²) in [5, 5.41) is 0. The number of benzene rings is 4. The highest BCUT2D eigenvalue weighted by Gasteiger charge is 2.67. The molecule has 8 nitrogen and oxygen atoms in total. The summed E-state index contributed by atoms with van der Waals surface area (Å²) in [5.41, 5.74) is 4.80. The van der Waals surface area contributed by atoms with Gasteiger partial charge in [-0.15, -0.1) is 0 Å². The fourth-order valence-corrected chi connectivity index (χ4v) is 7.76. The van der Waals surface area contributed by atoms with Crippen molar-refractivity contribution in [2.45, 2.75) is 24.9 Å². The first kappa shape index (κ1) is 31.8. The normalized spacial score (nSPS) is 25.0. The van der Waals surface area contributed by atoms with Crippen molar-refractivity contribution in [2.24, 2.45) is 23.7 Å². The second kappa shape index (κ2) is 13.4. The Hall–Kier alpha value is -4.82. The van der Waals surface area contributed by atoms with Crippen molar-refractivity contribution in [1.82, 2.24) is 9.80 Å². The van der Waals surface area contributed by atoms with Gasteiger partial charge in [-0.2, -0.15) is 0 Å². The van der Waals surface area contributed by atoms with Crippen LogP contribution in [0, 0.1) is 23.7 Å². The first-order chi connectivity index (χ1) is 23.4. The van der Waals surface area contributed by atoms with Crippen molar-refractivity contribution in [3.8, 4) is 23.0 Å². The van der Waals surface area contributed by atoms with Crippen LogP contribution in [-0.4, -0.2) is 63.1 Å². The number of nitrogens with zero attached hydrogens (tertiary/aromatic N) is 2. The van der Waals surface area contributed by atoms with Gasteiger partial charge in [0, 0.05) is 25.6 Å². The zero-order valence-electron chi connectivity index (χ0n) is 27.9. The van der Waals surface area contributed by atoms with Gasteiger partial charge >= 0.3 is 0 Å². The van der Waals surface area contributed by atoms with Gasteiger partial charge in [0.1, 0.15) is 23.0 Å². The molecule has 2 heterocycles. The maximum atomic E-state index is 12.6. The zero-order valence-corrected chi connectivity index (χ0v) is 27.9. The van der Waals surface area contributed by atoms with Gasteiger partial charge in [-0.05, 0) is 88.5 Å². The van der Waals surface area contributed by atoms with E-state index in [1.54, 1.807) is 28.4 Å². The third kappa shape index (κ3) is 6.24. The van der Waals surface area contributed by atoms with Crippen LogP contribution < -0.4 is 18.9 Å². The lowest BCUT2D eigenvalue weighted by atomic mass is 10.1. The molecule has 8 heteroatoms. The average molecular weight is 647 g/mol. The number of hydrogen-bond donors (Lipinski definition) is 0. The van der Waals surface area contributed by atoms with Crippen molar-refractivity contribution in [3.05, 3.63) is 119 Å². The molecule has 4 aromatic carbocycles. The number of carbonyl (C=O) groups excluding carboxylic acids is 2. The highest BCUT2D eigenvalue weighted by Crippen LogP contribution is 2.60. The summed E-state index contributed by atoms with van der Waals surface area (Å²) in [6.07, 6.45) is 0. The van der Waals surface area contributed by atoms with Crippen LogP contribution >= 0.6 is 0 Å². The lowest BCUT2D eigenvalue weighted by Crippen LogP contribution is -2.33. The van der Waals surface area contributed by atoms with Crippen molar-refractivity contribution < 1.29 is 28.5 Å². The van der Waals surface area contributed by atoms with Crippen LogP contribution in [-0.2, 0) is 22.7 Å². The number of amides is 2. The van der Waals surface area contributed by atoms with Gasteiger partial charge < -0.3 is 18.9 Å². The molecule has 8 rings (SSSR count). The molecule has 0 bridgehead atoms.